The number of likely N-dealkylation sites (tertiary alicyclic amines) is 1. The lowest BCUT2D eigenvalue weighted by Gasteiger charge is -2.23. The summed E-state index contributed by atoms with van der Waals surface area (Å²) in [6.45, 7) is 15.0. The van der Waals surface area contributed by atoms with Gasteiger partial charge in [-0.05, 0) is 45.7 Å². The normalized spacial score (nSPS) is 20.3. The molecule has 1 fully saturated rings. The number of imidazole rings is 1. The molecule has 1 aliphatic heterocycles. The molecule has 2 heterocycles. The second-order valence-corrected chi connectivity index (χ2v) is 7.39. The highest BCUT2D eigenvalue weighted by Crippen LogP contribution is 2.19. The average Bonchev–Trinajstić information content (AvgIpc) is 2.98. The zero-order valence-corrected chi connectivity index (χ0v) is 14.4. The van der Waals surface area contributed by atoms with Crippen LogP contribution in [-0.2, 0) is 6.54 Å². The summed E-state index contributed by atoms with van der Waals surface area (Å²) < 4.78 is 2.27. The minimum Gasteiger partial charge on any atom is -0.331 e. The van der Waals surface area contributed by atoms with E-state index >= 15 is 0 Å². The summed E-state index contributed by atoms with van der Waals surface area (Å²) in [5.41, 5.74) is 1.32. The maximum Gasteiger partial charge on any atom is 0.0951 e. The number of nitrogens with zero attached hydrogens (tertiary/aromatic N) is 4. The highest BCUT2D eigenvalue weighted by Gasteiger charge is 2.24. The van der Waals surface area contributed by atoms with Crippen molar-refractivity contribution < 1.29 is 0 Å². The molecule has 1 saturated heterocycles. The quantitative estimate of drug-likeness (QED) is 0.772. The number of rotatable bonds is 7. The van der Waals surface area contributed by atoms with Gasteiger partial charge in [-0.25, -0.2) is 4.98 Å². The fraction of sp³-hybridized carbons (Fsp3) is 0.824. The van der Waals surface area contributed by atoms with E-state index in [9.17, 15) is 0 Å². The van der Waals surface area contributed by atoms with Crippen molar-refractivity contribution in [3.05, 3.63) is 18.2 Å². The van der Waals surface area contributed by atoms with Gasteiger partial charge in [0.2, 0.25) is 0 Å². The van der Waals surface area contributed by atoms with Gasteiger partial charge in [0.25, 0.3) is 0 Å². The van der Waals surface area contributed by atoms with Crippen molar-refractivity contribution in [2.45, 2.75) is 46.7 Å². The van der Waals surface area contributed by atoms with Crippen LogP contribution in [0.1, 0.15) is 45.9 Å². The molecule has 1 atom stereocenters. The second kappa shape index (κ2) is 7.41. The molecular weight excluding hydrogens is 260 g/mol. The fourth-order valence-corrected chi connectivity index (χ4v) is 3.45. The van der Waals surface area contributed by atoms with Crippen molar-refractivity contribution in [1.29, 1.82) is 0 Å². The zero-order chi connectivity index (χ0) is 15.4. The molecule has 0 unspecified atom stereocenters. The van der Waals surface area contributed by atoms with Gasteiger partial charge < -0.3 is 14.4 Å². The van der Waals surface area contributed by atoms with Crippen LogP contribution in [0.4, 0.5) is 0 Å². The summed E-state index contributed by atoms with van der Waals surface area (Å²) in [4.78, 5) is 9.39. The van der Waals surface area contributed by atoms with E-state index in [1.165, 1.54) is 38.3 Å². The van der Waals surface area contributed by atoms with E-state index in [-0.39, 0.29) is 0 Å². The highest BCUT2D eigenvalue weighted by molar-refractivity contribution is 4.99. The molecular formula is C17H32N4. The number of hydrogen-bond acceptors (Lipinski definition) is 3. The zero-order valence-electron chi connectivity index (χ0n) is 14.4. The smallest absolute Gasteiger partial charge is 0.0951 e. The van der Waals surface area contributed by atoms with E-state index in [1.807, 2.05) is 12.5 Å². The summed E-state index contributed by atoms with van der Waals surface area (Å²) in [5.74, 6) is 1.60. The third-order valence-electron chi connectivity index (χ3n) is 4.30. The third-order valence-corrected chi connectivity index (χ3v) is 4.30. The Labute approximate surface area is 130 Å². The molecule has 1 aliphatic rings. The van der Waals surface area contributed by atoms with E-state index in [1.54, 1.807) is 0 Å². The van der Waals surface area contributed by atoms with Crippen molar-refractivity contribution in [2.75, 3.05) is 33.2 Å². The summed E-state index contributed by atoms with van der Waals surface area (Å²) in [6, 6.07) is 0.490. The molecule has 21 heavy (non-hydrogen) atoms. The van der Waals surface area contributed by atoms with Crippen molar-refractivity contribution in [3.63, 3.8) is 0 Å². The lowest BCUT2D eigenvalue weighted by Crippen LogP contribution is -2.30. The van der Waals surface area contributed by atoms with E-state index in [0.717, 1.165) is 18.4 Å². The molecule has 0 amide bonds. The topological polar surface area (TPSA) is 24.3 Å². The standard InChI is InChI=1S/C17H32N4/c1-14(2)9-20-7-6-16(11-20)10-19(5)12-17-8-18-13-21(17)15(3)4/h8,13-16H,6-7,9-12H2,1-5H3/t16-/m0/s1. The molecule has 0 radical (unpaired) electrons. The van der Waals surface area contributed by atoms with Gasteiger partial charge in [0, 0.05) is 38.4 Å². The fourth-order valence-electron chi connectivity index (χ4n) is 3.45. The molecule has 0 spiro atoms. The van der Waals surface area contributed by atoms with E-state index in [0.29, 0.717) is 6.04 Å². The molecule has 120 valence electrons. The van der Waals surface area contributed by atoms with Gasteiger partial charge in [-0.3, -0.25) is 0 Å². The Morgan fingerprint density at radius 1 is 1.33 bits per heavy atom. The van der Waals surface area contributed by atoms with Crippen LogP contribution in [0, 0.1) is 11.8 Å². The van der Waals surface area contributed by atoms with E-state index < -0.39 is 0 Å². The SMILES string of the molecule is CC(C)CN1CC[C@@H](CN(C)Cc2cncn2C(C)C)C1. The first-order valence-corrected chi connectivity index (χ1v) is 8.37. The average molecular weight is 292 g/mol. The van der Waals surface area contributed by atoms with E-state index in [4.69, 9.17) is 0 Å². The maximum atomic E-state index is 4.30. The summed E-state index contributed by atoms with van der Waals surface area (Å²) >= 11 is 0. The lowest BCUT2D eigenvalue weighted by atomic mass is 10.1. The lowest BCUT2D eigenvalue weighted by molar-refractivity contribution is 0.243. The van der Waals surface area contributed by atoms with Crippen LogP contribution in [0.2, 0.25) is 0 Å². The number of aromatic nitrogens is 2. The molecule has 4 heteroatoms. The summed E-state index contributed by atoms with van der Waals surface area (Å²) in [6.07, 6.45) is 5.31. The first-order valence-electron chi connectivity index (χ1n) is 8.37. The predicted octanol–water partition coefficient (Wildman–Crippen LogP) is 2.87. The van der Waals surface area contributed by atoms with E-state index in [2.05, 4.69) is 54.1 Å². The van der Waals surface area contributed by atoms with Gasteiger partial charge in [0.05, 0.1) is 12.0 Å². The molecule has 1 aromatic heterocycles. The summed E-state index contributed by atoms with van der Waals surface area (Å²) in [7, 11) is 2.24. The molecule has 2 rings (SSSR count). The Morgan fingerprint density at radius 3 is 2.76 bits per heavy atom. The predicted molar refractivity (Wildman–Crippen MR) is 88.3 cm³/mol. The molecule has 0 bridgehead atoms. The Bertz CT molecular complexity index is 424. The van der Waals surface area contributed by atoms with Gasteiger partial charge in [-0.15, -0.1) is 0 Å². The van der Waals surface area contributed by atoms with Gasteiger partial charge in [-0.1, -0.05) is 13.8 Å². The van der Waals surface area contributed by atoms with Crippen molar-refractivity contribution >= 4 is 0 Å². The van der Waals surface area contributed by atoms with Crippen LogP contribution in [-0.4, -0.2) is 52.6 Å². The Morgan fingerprint density at radius 2 is 2.10 bits per heavy atom. The van der Waals surface area contributed by atoms with Gasteiger partial charge in [-0.2, -0.15) is 0 Å². The Hall–Kier alpha value is -0.870. The molecule has 0 N–H and O–H groups in total. The maximum absolute atomic E-state index is 4.30. The molecule has 0 aliphatic carbocycles. The largest absolute Gasteiger partial charge is 0.331 e. The van der Waals surface area contributed by atoms with Crippen LogP contribution in [0.15, 0.2) is 12.5 Å². The van der Waals surface area contributed by atoms with Gasteiger partial charge in [0.15, 0.2) is 0 Å². The first kappa shape index (κ1) is 16.5. The van der Waals surface area contributed by atoms with Crippen molar-refractivity contribution in [3.8, 4) is 0 Å². The molecule has 0 aromatic carbocycles. The third kappa shape index (κ3) is 4.82. The van der Waals surface area contributed by atoms with Crippen LogP contribution >= 0.6 is 0 Å². The molecule has 0 saturated carbocycles. The number of hydrogen-bond donors (Lipinski definition) is 0. The van der Waals surface area contributed by atoms with Crippen LogP contribution in [0.5, 0.6) is 0 Å². The van der Waals surface area contributed by atoms with Gasteiger partial charge >= 0.3 is 0 Å². The van der Waals surface area contributed by atoms with Crippen LogP contribution in [0.3, 0.4) is 0 Å². The Balaban J connectivity index is 1.80. The van der Waals surface area contributed by atoms with Crippen LogP contribution in [0.25, 0.3) is 0 Å². The minimum absolute atomic E-state index is 0.490. The van der Waals surface area contributed by atoms with Crippen molar-refractivity contribution in [2.24, 2.45) is 11.8 Å². The Kier molecular flexibility index (Phi) is 5.82. The molecule has 4 nitrogen and oxygen atoms in total. The van der Waals surface area contributed by atoms with Crippen molar-refractivity contribution in [1.82, 2.24) is 19.4 Å². The summed E-state index contributed by atoms with van der Waals surface area (Å²) in [5, 5.41) is 0. The minimum atomic E-state index is 0.490. The van der Waals surface area contributed by atoms with Crippen LogP contribution < -0.4 is 0 Å². The monoisotopic (exact) mass is 292 g/mol. The second-order valence-electron chi connectivity index (χ2n) is 7.39. The highest BCUT2D eigenvalue weighted by atomic mass is 15.2. The first-order chi connectivity index (χ1) is 9.95. The molecule has 1 aromatic rings. The van der Waals surface area contributed by atoms with Gasteiger partial charge in [0.1, 0.15) is 0 Å².